The number of hydrogen-bond donors (Lipinski definition) is 1. The van der Waals surface area contributed by atoms with Crippen molar-refractivity contribution in [2.24, 2.45) is 17.6 Å². The number of ether oxygens (including phenoxy) is 2. The lowest BCUT2D eigenvalue weighted by molar-refractivity contribution is -0.0907. The fourth-order valence-electron chi connectivity index (χ4n) is 2.80. The highest BCUT2D eigenvalue weighted by molar-refractivity contribution is 4.89. The van der Waals surface area contributed by atoms with E-state index >= 15 is 0 Å². The summed E-state index contributed by atoms with van der Waals surface area (Å²) < 4.78 is 11.5. The second-order valence-electron chi connectivity index (χ2n) is 5.93. The summed E-state index contributed by atoms with van der Waals surface area (Å²) in [5.41, 5.74) is 5.87. The Morgan fingerprint density at radius 3 is 2.33 bits per heavy atom. The highest BCUT2D eigenvalue weighted by Crippen LogP contribution is 2.37. The fourth-order valence-corrected chi connectivity index (χ4v) is 2.80. The van der Waals surface area contributed by atoms with Gasteiger partial charge < -0.3 is 15.2 Å². The van der Waals surface area contributed by atoms with Crippen molar-refractivity contribution in [1.82, 2.24) is 0 Å². The molecule has 1 rings (SSSR count). The van der Waals surface area contributed by atoms with E-state index in [1.165, 1.54) is 12.8 Å². The molecule has 1 aliphatic rings. The van der Waals surface area contributed by atoms with E-state index in [-0.39, 0.29) is 5.60 Å². The first-order valence-electron chi connectivity index (χ1n) is 7.55. The first-order chi connectivity index (χ1) is 8.63. The maximum Gasteiger partial charge on any atom is 0.0805 e. The summed E-state index contributed by atoms with van der Waals surface area (Å²) in [5, 5.41) is 0. The molecule has 1 saturated carbocycles. The van der Waals surface area contributed by atoms with Crippen LogP contribution in [-0.4, -0.2) is 32.0 Å². The monoisotopic (exact) mass is 257 g/mol. The Morgan fingerprint density at radius 1 is 1.17 bits per heavy atom. The molecule has 0 unspecified atom stereocenters. The Bertz CT molecular complexity index is 211. The number of nitrogens with two attached hydrogens (primary N) is 1. The molecule has 0 saturated heterocycles. The molecule has 3 heteroatoms. The van der Waals surface area contributed by atoms with Gasteiger partial charge in [-0.15, -0.1) is 0 Å². The Morgan fingerprint density at radius 2 is 1.83 bits per heavy atom. The van der Waals surface area contributed by atoms with Gasteiger partial charge in [0.25, 0.3) is 0 Å². The Balaban J connectivity index is 2.27. The number of hydrogen-bond acceptors (Lipinski definition) is 3. The van der Waals surface area contributed by atoms with E-state index in [4.69, 9.17) is 15.2 Å². The predicted octanol–water partition coefficient (Wildman–Crippen LogP) is 2.97. The fraction of sp³-hybridized carbons (Fsp3) is 1.00. The van der Waals surface area contributed by atoms with Gasteiger partial charge >= 0.3 is 0 Å². The van der Waals surface area contributed by atoms with Gasteiger partial charge in [0, 0.05) is 13.2 Å². The van der Waals surface area contributed by atoms with Crippen molar-refractivity contribution in [3.8, 4) is 0 Å². The van der Waals surface area contributed by atoms with Crippen molar-refractivity contribution in [1.29, 1.82) is 0 Å². The first kappa shape index (κ1) is 15.9. The molecule has 0 aromatic rings. The van der Waals surface area contributed by atoms with E-state index in [1.807, 2.05) is 0 Å². The van der Waals surface area contributed by atoms with Gasteiger partial charge in [-0.3, -0.25) is 0 Å². The maximum atomic E-state index is 6.04. The summed E-state index contributed by atoms with van der Waals surface area (Å²) in [4.78, 5) is 0. The van der Waals surface area contributed by atoms with Crippen LogP contribution in [0.25, 0.3) is 0 Å². The Kier molecular flexibility index (Phi) is 7.20. The molecule has 0 heterocycles. The van der Waals surface area contributed by atoms with Crippen LogP contribution in [0.15, 0.2) is 0 Å². The van der Waals surface area contributed by atoms with Crippen LogP contribution >= 0.6 is 0 Å². The molecular formula is C15H31NO2. The van der Waals surface area contributed by atoms with Gasteiger partial charge in [0.05, 0.1) is 18.8 Å². The van der Waals surface area contributed by atoms with Crippen LogP contribution in [0.3, 0.4) is 0 Å². The maximum absolute atomic E-state index is 6.04. The van der Waals surface area contributed by atoms with Crippen molar-refractivity contribution >= 4 is 0 Å². The molecule has 2 N–H and O–H groups in total. The molecule has 0 spiro atoms. The van der Waals surface area contributed by atoms with Gasteiger partial charge in [0.1, 0.15) is 0 Å². The summed E-state index contributed by atoms with van der Waals surface area (Å²) in [6.07, 6.45) is 5.80. The number of rotatable bonds is 8. The Hall–Kier alpha value is -0.120. The molecule has 3 nitrogen and oxygen atoms in total. The zero-order valence-corrected chi connectivity index (χ0v) is 12.4. The topological polar surface area (TPSA) is 44.5 Å². The van der Waals surface area contributed by atoms with Crippen LogP contribution in [0.1, 0.15) is 52.9 Å². The summed E-state index contributed by atoms with van der Waals surface area (Å²) in [5.74, 6) is 1.64. The van der Waals surface area contributed by atoms with E-state index in [0.717, 1.165) is 37.7 Å². The third-order valence-corrected chi connectivity index (χ3v) is 4.24. The normalized spacial score (nSPS) is 28.8. The molecule has 1 fully saturated rings. The highest BCUT2D eigenvalue weighted by Gasteiger charge is 2.35. The predicted molar refractivity (Wildman–Crippen MR) is 75.6 cm³/mol. The second kappa shape index (κ2) is 8.13. The van der Waals surface area contributed by atoms with Gasteiger partial charge in [-0.05, 0) is 43.9 Å². The zero-order chi connectivity index (χ0) is 13.4. The highest BCUT2D eigenvalue weighted by atomic mass is 16.5. The van der Waals surface area contributed by atoms with Gasteiger partial charge in [-0.2, -0.15) is 0 Å². The molecule has 0 atom stereocenters. The molecule has 18 heavy (non-hydrogen) atoms. The quantitative estimate of drug-likeness (QED) is 0.680. The molecule has 0 amide bonds. The molecule has 0 aromatic carbocycles. The molecule has 1 aliphatic carbocycles. The van der Waals surface area contributed by atoms with Crippen molar-refractivity contribution in [3.63, 3.8) is 0 Å². The van der Waals surface area contributed by atoms with Crippen LogP contribution < -0.4 is 5.73 Å². The summed E-state index contributed by atoms with van der Waals surface area (Å²) >= 11 is 0. The van der Waals surface area contributed by atoms with E-state index in [1.54, 1.807) is 0 Å². The van der Waals surface area contributed by atoms with Gasteiger partial charge in [0.15, 0.2) is 0 Å². The summed E-state index contributed by atoms with van der Waals surface area (Å²) in [6.45, 7) is 9.61. The van der Waals surface area contributed by atoms with E-state index in [9.17, 15) is 0 Å². The second-order valence-corrected chi connectivity index (χ2v) is 5.93. The lowest BCUT2D eigenvalue weighted by Crippen LogP contribution is -2.45. The smallest absolute Gasteiger partial charge is 0.0805 e. The minimum atomic E-state index is -0.0685. The van der Waals surface area contributed by atoms with Gasteiger partial charge in [0.2, 0.25) is 0 Å². The molecule has 0 bridgehead atoms. The zero-order valence-electron chi connectivity index (χ0n) is 12.4. The molecule has 0 aliphatic heterocycles. The van der Waals surface area contributed by atoms with Crippen LogP contribution in [0.5, 0.6) is 0 Å². The van der Waals surface area contributed by atoms with Crippen molar-refractivity contribution < 1.29 is 9.47 Å². The molecular weight excluding hydrogens is 226 g/mol. The molecule has 0 radical (unpaired) electrons. The van der Waals surface area contributed by atoms with Crippen molar-refractivity contribution in [2.75, 3.05) is 26.4 Å². The van der Waals surface area contributed by atoms with Gasteiger partial charge in [-0.1, -0.05) is 20.8 Å². The lowest BCUT2D eigenvalue weighted by atomic mass is 9.74. The van der Waals surface area contributed by atoms with E-state index < -0.39 is 0 Å². The van der Waals surface area contributed by atoms with Crippen LogP contribution in [0.4, 0.5) is 0 Å². The average molecular weight is 257 g/mol. The third kappa shape index (κ3) is 4.87. The van der Waals surface area contributed by atoms with Crippen molar-refractivity contribution in [2.45, 2.75) is 58.5 Å². The third-order valence-electron chi connectivity index (χ3n) is 4.24. The van der Waals surface area contributed by atoms with Crippen LogP contribution in [-0.2, 0) is 9.47 Å². The minimum absolute atomic E-state index is 0.0685. The summed E-state index contributed by atoms with van der Waals surface area (Å²) in [6, 6.07) is 0. The van der Waals surface area contributed by atoms with E-state index in [2.05, 4.69) is 20.8 Å². The van der Waals surface area contributed by atoms with Crippen molar-refractivity contribution in [3.05, 3.63) is 0 Å². The first-order valence-corrected chi connectivity index (χ1v) is 7.55. The van der Waals surface area contributed by atoms with Crippen LogP contribution in [0.2, 0.25) is 0 Å². The lowest BCUT2D eigenvalue weighted by Gasteiger charge is -2.40. The average Bonchev–Trinajstić information content (AvgIpc) is 2.39. The molecule has 0 aromatic heterocycles. The minimum Gasteiger partial charge on any atom is -0.379 e. The SMILES string of the molecule is CCCOCCOC1(CN)CCC(C(C)C)CC1. The molecule has 108 valence electrons. The Labute approximate surface area is 112 Å². The largest absolute Gasteiger partial charge is 0.379 e. The van der Waals surface area contributed by atoms with Gasteiger partial charge in [-0.25, -0.2) is 0 Å². The van der Waals surface area contributed by atoms with Crippen LogP contribution in [0, 0.1) is 11.8 Å². The standard InChI is InChI=1S/C15H31NO2/c1-4-9-17-10-11-18-15(12-16)7-5-14(6-8-15)13(2)3/h13-14H,4-12,16H2,1-3H3. The summed E-state index contributed by atoms with van der Waals surface area (Å²) in [7, 11) is 0. The van der Waals surface area contributed by atoms with E-state index in [0.29, 0.717) is 19.8 Å².